The summed E-state index contributed by atoms with van der Waals surface area (Å²) >= 11 is 5.16. The van der Waals surface area contributed by atoms with Crippen LogP contribution in [0.5, 0.6) is 0 Å². The van der Waals surface area contributed by atoms with Crippen molar-refractivity contribution in [3.05, 3.63) is 0 Å². The molecule has 0 aliphatic rings. The molecule has 9 heavy (non-hydrogen) atoms. The van der Waals surface area contributed by atoms with Crippen LogP contribution in [0.25, 0.3) is 0 Å². The second-order valence-electron chi connectivity index (χ2n) is 2.99. The van der Waals surface area contributed by atoms with Crippen molar-refractivity contribution in [2.75, 3.05) is 0 Å². The molecular weight excluding hydrogens is 143 g/mol. The van der Waals surface area contributed by atoms with E-state index in [1.165, 1.54) is 0 Å². The lowest BCUT2D eigenvalue weighted by Crippen LogP contribution is -2.33. The van der Waals surface area contributed by atoms with Crippen molar-refractivity contribution in [1.29, 1.82) is 0 Å². The molecule has 0 radical (unpaired) electrons. The van der Waals surface area contributed by atoms with E-state index < -0.39 is 10.5 Å². The van der Waals surface area contributed by atoms with Crippen LogP contribution in [0.4, 0.5) is 4.39 Å². The van der Waals surface area contributed by atoms with Gasteiger partial charge in [-0.05, 0) is 0 Å². The van der Waals surface area contributed by atoms with Gasteiger partial charge in [0.2, 0.25) is 5.13 Å². The Morgan fingerprint density at radius 1 is 1.44 bits per heavy atom. The first-order valence-corrected chi connectivity index (χ1v) is 3.03. The molecule has 0 amide bonds. The van der Waals surface area contributed by atoms with E-state index in [9.17, 15) is 9.18 Å². The summed E-state index contributed by atoms with van der Waals surface area (Å²) in [6, 6.07) is 0. The first kappa shape index (κ1) is 8.89. The van der Waals surface area contributed by atoms with Crippen molar-refractivity contribution in [1.82, 2.24) is 0 Å². The van der Waals surface area contributed by atoms with E-state index in [2.05, 4.69) is 0 Å². The topological polar surface area (TPSA) is 17.1 Å². The van der Waals surface area contributed by atoms with Gasteiger partial charge in [0.1, 0.15) is 0 Å². The maximum atomic E-state index is 12.7. The highest BCUT2D eigenvalue weighted by Crippen LogP contribution is 2.35. The highest BCUT2D eigenvalue weighted by Gasteiger charge is 2.40. The van der Waals surface area contributed by atoms with Crippen molar-refractivity contribution in [2.24, 2.45) is 5.41 Å². The molecule has 1 atom stereocenters. The summed E-state index contributed by atoms with van der Waals surface area (Å²) in [7, 11) is 0. The van der Waals surface area contributed by atoms with E-state index in [1.54, 1.807) is 20.8 Å². The minimum atomic E-state index is -2.23. The van der Waals surface area contributed by atoms with Crippen LogP contribution in [-0.2, 0) is 4.79 Å². The molecule has 0 N–H and O–H groups in total. The summed E-state index contributed by atoms with van der Waals surface area (Å²) in [6.07, 6.45) is 0.120. The zero-order valence-electron chi connectivity index (χ0n) is 5.74. The van der Waals surface area contributed by atoms with Crippen LogP contribution in [0.2, 0.25) is 0 Å². The van der Waals surface area contributed by atoms with E-state index in [0.717, 1.165) is 0 Å². The fraction of sp³-hybridized carbons (Fsp3) is 0.833. The fourth-order valence-corrected chi connectivity index (χ4v) is 0.177. The number of hydrogen-bond acceptors (Lipinski definition) is 1. The van der Waals surface area contributed by atoms with Crippen LogP contribution < -0.4 is 0 Å². The van der Waals surface area contributed by atoms with Crippen LogP contribution in [0.1, 0.15) is 20.8 Å². The summed E-state index contributed by atoms with van der Waals surface area (Å²) in [5.74, 6) is 0. The van der Waals surface area contributed by atoms with E-state index in [1.807, 2.05) is 0 Å². The van der Waals surface area contributed by atoms with E-state index >= 15 is 0 Å². The number of rotatable bonds is 1. The van der Waals surface area contributed by atoms with Crippen molar-refractivity contribution in [2.45, 2.75) is 25.9 Å². The summed E-state index contributed by atoms with van der Waals surface area (Å²) in [5, 5.41) is -2.23. The smallest absolute Gasteiger partial charge is 0.242 e. The number of alkyl halides is 2. The second-order valence-corrected chi connectivity index (χ2v) is 3.54. The molecule has 3 heteroatoms. The lowest BCUT2D eigenvalue weighted by molar-refractivity contribution is -0.117. The normalized spacial score (nSPS) is 18.8. The molecule has 0 fully saturated rings. The number of carbonyl (C=O) groups is 1. The Morgan fingerprint density at radius 3 is 1.78 bits per heavy atom. The molecule has 0 unspecified atom stereocenters. The summed E-state index contributed by atoms with van der Waals surface area (Å²) in [5.41, 5.74) is -0.823. The molecule has 0 rings (SSSR count). The predicted octanol–water partition coefficient (Wildman–Crippen LogP) is 2.14. The average Bonchev–Trinajstić information content (AvgIpc) is 1.64. The molecule has 0 aliphatic heterocycles. The van der Waals surface area contributed by atoms with Crippen molar-refractivity contribution in [3.8, 4) is 0 Å². The van der Waals surface area contributed by atoms with Gasteiger partial charge < -0.3 is 0 Å². The Balaban J connectivity index is 4.32. The van der Waals surface area contributed by atoms with Crippen LogP contribution in [0.3, 0.4) is 0 Å². The van der Waals surface area contributed by atoms with Gasteiger partial charge in [0.25, 0.3) is 0 Å². The molecule has 0 saturated heterocycles. The molecule has 0 aromatic carbocycles. The molecule has 0 spiro atoms. The molecule has 0 saturated carbocycles. The Morgan fingerprint density at radius 2 is 1.78 bits per heavy atom. The van der Waals surface area contributed by atoms with Crippen molar-refractivity contribution >= 4 is 17.9 Å². The van der Waals surface area contributed by atoms with E-state index in [-0.39, 0.29) is 6.29 Å². The lowest BCUT2D eigenvalue weighted by atomic mass is 9.91. The van der Waals surface area contributed by atoms with Crippen LogP contribution >= 0.6 is 11.6 Å². The number of hydrogen-bond donors (Lipinski definition) is 0. The number of halogens is 2. The highest BCUT2D eigenvalue weighted by atomic mass is 35.5. The van der Waals surface area contributed by atoms with Gasteiger partial charge in [0, 0.05) is 5.41 Å². The zero-order chi connectivity index (χ0) is 7.71. The minimum absolute atomic E-state index is 0.120. The standard InChI is InChI=1S/C6H10ClFO/c1-5(2,3)6(7,8)4-9/h4H,1-3H3/t6-/m0/s1. The molecule has 1 nitrogen and oxygen atoms in total. The molecule has 0 heterocycles. The Kier molecular flexibility index (Phi) is 2.23. The van der Waals surface area contributed by atoms with Crippen LogP contribution in [-0.4, -0.2) is 11.4 Å². The van der Waals surface area contributed by atoms with Gasteiger partial charge in [0.15, 0.2) is 6.29 Å². The van der Waals surface area contributed by atoms with Gasteiger partial charge in [-0.25, -0.2) is 4.39 Å². The highest BCUT2D eigenvalue weighted by molar-refractivity contribution is 6.30. The van der Waals surface area contributed by atoms with E-state index in [0.29, 0.717) is 0 Å². The second kappa shape index (κ2) is 2.25. The van der Waals surface area contributed by atoms with Gasteiger partial charge in [-0.3, -0.25) is 4.79 Å². The number of carbonyl (C=O) groups excluding carboxylic acids is 1. The van der Waals surface area contributed by atoms with Crippen LogP contribution in [0, 0.1) is 5.41 Å². The molecule has 54 valence electrons. The molecule has 0 bridgehead atoms. The Labute approximate surface area is 59.2 Å². The average molecular weight is 153 g/mol. The first-order chi connectivity index (χ1) is 3.81. The molecule has 0 aliphatic carbocycles. The largest absolute Gasteiger partial charge is 0.298 e. The molecular formula is C6H10ClFO. The lowest BCUT2D eigenvalue weighted by Gasteiger charge is -2.26. The van der Waals surface area contributed by atoms with Gasteiger partial charge in [-0.1, -0.05) is 32.4 Å². The van der Waals surface area contributed by atoms with Crippen LogP contribution in [0.15, 0.2) is 0 Å². The Bertz CT molecular complexity index is 115. The summed E-state index contributed by atoms with van der Waals surface area (Å²) in [4.78, 5) is 9.97. The fourth-order valence-electron chi connectivity index (χ4n) is 0.177. The number of aldehydes is 1. The third-order valence-corrected chi connectivity index (χ3v) is 1.80. The van der Waals surface area contributed by atoms with Gasteiger partial charge in [-0.2, -0.15) is 0 Å². The maximum Gasteiger partial charge on any atom is 0.242 e. The van der Waals surface area contributed by atoms with Gasteiger partial charge >= 0.3 is 0 Å². The van der Waals surface area contributed by atoms with E-state index in [4.69, 9.17) is 11.6 Å². The van der Waals surface area contributed by atoms with Crippen molar-refractivity contribution in [3.63, 3.8) is 0 Å². The quantitative estimate of drug-likeness (QED) is 0.416. The first-order valence-electron chi connectivity index (χ1n) is 2.65. The third-order valence-electron chi connectivity index (χ3n) is 1.15. The Hall–Kier alpha value is -0.110. The SMILES string of the molecule is CC(C)(C)[C@](F)(Cl)C=O. The van der Waals surface area contributed by atoms with Crippen molar-refractivity contribution < 1.29 is 9.18 Å². The zero-order valence-corrected chi connectivity index (χ0v) is 6.50. The molecule has 0 aromatic heterocycles. The minimum Gasteiger partial charge on any atom is -0.298 e. The summed E-state index contributed by atoms with van der Waals surface area (Å²) < 4.78 is 12.7. The monoisotopic (exact) mass is 152 g/mol. The summed E-state index contributed by atoms with van der Waals surface area (Å²) in [6.45, 7) is 4.69. The maximum absolute atomic E-state index is 12.7. The van der Waals surface area contributed by atoms with Gasteiger partial charge in [-0.15, -0.1) is 0 Å². The molecule has 0 aromatic rings. The van der Waals surface area contributed by atoms with Gasteiger partial charge in [0.05, 0.1) is 0 Å². The third kappa shape index (κ3) is 1.94. The predicted molar refractivity (Wildman–Crippen MR) is 35.2 cm³/mol.